The van der Waals surface area contributed by atoms with E-state index in [1.807, 2.05) is 23.1 Å². The first-order chi connectivity index (χ1) is 12.7. The lowest BCUT2D eigenvalue weighted by atomic mass is 9.93. The molecule has 4 rings (SSSR count). The minimum atomic E-state index is -0.522. The second kappa shape index (κ2) is 7.17. The molecule has 0 radical (unpaired) electrons. The number of hydrogen-bond donors (Lipinski definition) is 0. The van der Waals surface area contributed by atoms with Gasteiger partial charge in [0.25, 0.3) is 5.91 Å². The molecule has 6 heteroatoms. The zero-order valence-corrected chi connectivity index (χ0v) is 14.6. The zero-order chi connectivity index (χ0) is 17.9. The van der Waals surface area contributed by atoms with Crippen LogP contribution in [0.1, 0.15) is 11.1 Å². The van der Waals surface area contributed by atoms with Crippen LogP contribution in [0.2, 0.25) is 0 Å². The summed E-state index contributed by atoms with van der Waals surface area (Å²) in [4.78, 5) is 27.7. The van der Waals surface area contributed by atoms with Crippen molar-refractivity contribution in [2.75, 3.05) is 26.3 Å². The Morgan fingerprint density at radius 3 is 2.65 bits per heavy atom. The smallest absolute Gasteiger partial charge is 0.264 e. The molecule has 0 bridgehead atoms. The molecule has 6 nitrogen and oxygen atoms in total. The van der Waals surface area contributed by atoms with E-state index in [-0.39, 0.29) is 5.91 Å². The number of ether oxygens (including phenoxy) is 1. The first kappa shape index (κ1) is 16.6. The van der Waals surface area contributed by atoms with E-state index >= 15 is 0 Å². The zero-order valence-electron chi connectivity index (χ0n) is 14.6. The minimum Gasteiger partial charge on any atom is -0.378 e. The summed E-state index contributed by atoms with van der Waals surface area (Å²) in [6.45, 7) is 4.67. The minimum absolute atomic E-state index is 0.215. The molecule has 0 aliphatic carbocycles. The Morgan fingerprint density at radius 1 is 1.12 bits per heavy atom. The number of carbonyl (C=O) groups excluding carboxylic acids is 1. The lowest BCUT2D eigenvalue weighted by Gasteiger charge is -2.30. The summed E-state index contributed by atoms with van der Waals surface area (Å²) in [6, 6.07) is 8.23. The average Bonchev–Trinajstić information content (AvgIpc) is 2.68. The van der Waals surface area contributed by atoms with Gasteiger partial charge in [-0.3, -0.25) is 4.79 Å². The highest BCUT2D eigenvalue weighted by Crippen LogP contribution is 2.25. The highest BCUT2D eigenvalue weighted by Gasteiger charge is 2.34. The summed E-state index contributed by atoms with van der Waals surface area (Å²) in [5.74, 6) is 0.225. The molecule has 3 aliphatic rings. The molecule has 1 amide bonds. The highest BCUT2D eigenvalue weighted by molar-refractivity contribution is 6.20. The number of nitrogens with zero attached hydrogens (tertiary/aromatic N) is 4. The predicted molar refractivity (Wildman–Crippen MR) is 103 cm³/mol. The van der Waals surface area contributed by atoms with Crippen molar-refractivity contribution in [2.45, 2.75) is 6.92 Å². The van der Waals surface area contributed by atoms with E-state index in [2.05, 4.69) is 46.2 Å². The fourth-order valence-electron chi connectivity index (χ4n) is 3.08. The van der Waals surface area contributed by atoms with Gasteiger partial charge in [-0.15, -0.1) is 0 Å². The third-order valence-electron chi connectivity index (χ3n) is 4.58. The second-order valence-electron chi connectivity index (χ2n) is 6.44. The van der Waals surface area contributed by atoms with Gasteiger partial charge in [0, 0.05) is 19.3 Å². The van der Waals surface area contributed by atoms with E-state index < -0.39 is 5.92 Å². The monoisotopic (exact) mass is 348 g/mol. The Balaban J connectivity index is 1.55. The van der Waals surface area contributed by atoms with Crippen LogP contribution in [-0.2, 0) is 9.53 Å². The molecule has 1 saturated heterocycles. The standard InChI is InChI=1S/C20H20N4O2/c1-14-2-4-15(5-3-14)6-7-16-8-9-21-18-17(16)19(25)23-20(22-18)24-10-12-26-13-11-24/h2-9,17H,10-13H2,1H3/b7-6+. The SMILES string of the molecule is Cc1ccc(/C=C/C2=CC=NC3=NC(N4CCOCC4)=NC(=O)C23)cc1. The molecule has 132 valence electrons. The predicted octanol–water partition coefficient (Wildman–Crippen LogP) is 2.26. The Hall–Kier alpha value is -2.86. The van der Waals surface area contributed by atoms with E-state index in [9.17, 15) is 4.79 Å². The summed E-state index contributed by atoms with van der Waals surface area (Å²) in [5.41, 5.74) is 3.15. The molecule has 3 aliphatic heterocycles. The first-order valence-corrected chi connectivity index (χ1v) is 8.73. The van der Waals surface area contributed by atoms with Crippen molar-refractivity contribution in [2.24, 2.45) is 20.9 Å². The van der Waals surface area contributed by atoms with Gasteiger partial charge < -0.3 is 9.64 Å². The molecule has 1 aromatic carbocycles. The first-order valence-electron chi connectivity index (χ1n) is 8.73. The quantitative estimate of drug-likeness (QED) is 0.823. The molecule has 1 aromatic rings. The summed E-state index contributed by atoms with van der Waals surface area (Å²) in [6.07, 6.45) is 7.49. The largest absolute Gasteiger partial charge is 0.378 e. The van der Waals surface area contributed by atoms with Crippen LogP contribution in [0.5, 0.6) is 0 Å². The maximum Gasteiger partial charge on any atom is 0.264 e. The van der Waals surface area contributed by atoms with Crippen LogP contribution in [0.3, 0.4) is 0 Å². The van der Waals surface area contributed by atoms with Gasteiger partial charge in [-0.1, -0.05) is 42.0 Å². The Bertz CT molecular complexity index is 856. The van der Waals surface area contributed by atoms with Crippen molar-refractivity contribution < 1.29 is 9.53 Å². The van der Waals surface area contributed by atoms with Crippen molar-refractivity contribution in [1.29, 1.82) is 0 Å². The number of aryl methyl sites for hydroxylation is 1. The van der Waals surface area contributed by atoms with E-state index in [0.717, 1.165) is 11.1 Å². The van der Waals surface area contributed by atoms with Crippen LogP contribution < -0.4 is 0 Å². The van der Waals surface area contributed by atoms with Gasteiger partial charge in [0.05, 0.1) is 13.2 Å². The van der Waals surface area contributed by atoms with E-state index in [1.165, 1.54) is 5.56 Å². The molecule has 26 heavy (non-hydrogen) atoms. The maximum absolute atomic E-state index is 12.7. The Kier molecular flexibility index (Phi) is 4.58. The average molecular weight is 348 g/mol. The summed E-state index contributed by atoms with van der Waals surface area (Å²) >= 11 is 0. The number of aliphatic imine (C=N–C) groups is 3. The number of allylic oxidation sites excluding steroid dienone is 2. The van der Waals surface area contributed by atoms with Crippen molar-refractivity contribution in [3.63, 3.8) is 0 Å². The maximum atomic E-state index is 12.7. The second-order valence-corrected chi connectivity index (χ2v) is 6.44. The summed E-state index contributed by atoms with van der Waals surface area (Å²) < 4.78 is 5.34. The lowest BCUT2D eigenvalue weighted by molar-refractivity contribution is -0.119. The molecule has 1 atom stereocenters. The number of carbonyl (C=O) groups is 1. The lowest BCUT2D eigenvalue weighted by Crippen LogP contribution is -2.43. The fourth-order valence-corrected chi connectivity index (χ4v) is 3.08. The molecule has 0 N–H and O–H groups in total. The molecule has 0 spiro atoms. The molecular weight excluding hydrogens is 328 g/mol. The number of dihydropyridines is 1. The number of fused-ring (bicyclic) bond motifs is 1. The van der Waals surface area contributed by atoms with Crippen molar-refractivity contribution in [3.8, 4) is 0 Å². The van der Waals surface area contributed by atoms with Crippen LogP contribution in [0.4, 0.5) is 0 Å². The van der Waals surface area contributed by atoms with Gasteiger partial charge >= 0.3 is 0 Å². The number of amides is 1. The normalized spacial score (nSPS) is 22.8. The van der Waals surface area contributed by atoms with E-state index in [1.54, 1.807) is 6.21 Å². The van der Waals surface area contributed by atoms with Crippen LogP contribution >= 0.6 is 0 Å². The molecule has 1 unspecified atom stereocenters. The fraction of sp³-hybridized carbons (Fsp3) is 0.300. The molecule has 0 saturated carbocycles. The number of hydrogen-bond acceptors (Lipinski definition) is 5. The van der Waals surface area contributed by atoms with Gasteiger partial charge in [0.2, 0.25) is 5.96 Å². The third-order valence-corrected chi connectivity index (χ3v) is 4.58. The number of guanidine groups is 1. The van der Waals surface area contributed by atoms with Crippen LogP contribution in [-0.4, -0.2) is 55.1 Å². The van der Waals surface area contributed by atoms with Gasteiger partial charge in [-0.05, 0) is 24.1 Å². The van der Waals surface area contributed by atoms with Crippen LogP contribution in [0.15, 0.2) is 57.0 Å². The molecule has 3 heterocycles. The molecular formula is C20H20N4O2. The van der Waals surface area contributed by atoms with Gasteiger partial charge in [0.15, 0.2) is 0 Å². The van der Waals surface area contributed by atoms with Crippen LogP contribution in [0.25, 0.3) is 6.08 Å². The van der Waals surface area contributed by atoms with Crippen molar-refractivity contribution in [1.82, 2.24) is 4.90 Å². The summed E-state index contributed by atoms with van der Waals surface area (Å²) in [5, 5.41) is 0. The van der Waals surface area contributed by atoms with Gasteiger partial charge in [-0.2, -0.15) is 9.98 Å². The Morgan fingerprint density at radius 2 is 1.88 bits per heavy atom. The topological polar surface area (TPSA) is 66.6 Å². The number of morpholine rings is 1. The number of benzene rings is 1. The Labute approximate surface area is 152 Å². The third kappa shape index (κ3) is 3.41. The highest BCUT2D eigenvalue weighted by atomic mass is 16.5. The number of amidine groups is 1. The molecule has 1 fully saturated rings. The van der Waals surface area contributed by atoms with Crippen molar-refractivity contribution in [3.05, 3.63) is 53.1 Å². The van der Waals surface area contributed by atoms with E-state index in [0.29, 0.717) is 38.1 Å². The van der Waals surface area contributed by atoms with Crippen molar-refractivity contribution >= 4 is 30.0 Å². The van der Waals surface area contributed by atoms with Gasteiger partial charge in [-0.25, -0.2) is 4.99 Å². The number of rotatable bonds is 2. The summed E-state index contributed by atoms with van der Waals surface area (Å²) in [7, 11) is 0. The van der Waals surface area contributed by atoms with E-state index in [4.69, 9.17) is 4.74 Å². The van der Waals surface area contributed by atoms with Crippen LogP contribution in [0, 0.1) is 12.8 Å². The van der Waals surface area contributed by atoms with Gasteiger partial charge in [0.1, 0.15) is 11.8 Å². The molecule has 0 aromatic heterocycles.